The molecular weight excluding hydrogens is 288 g/mol. The molecule has 0 aliphatic heterocycles. The van der Waals surface area contributed by atoms with Crippen molar-refractivity contribution in [1.82, 2.24) is 25.5 Å². The van der Waals surface area contributed by atoms with Gasteiger partial charge in [-0.3, -0.25) is 15.4 Å². The third-order valence-corrected chi connectivity index (χ3v) is 3.00. The Morgan fingerprint density at radius 3 is 2.48 bits per heavy atom. The molecule has 1 aromatic heterocycles. The number of hydrogen-bond donors (Lipinski definition) is 2. The van der Waals surface area contributed by atoms with Crippen LogP contribution in [0.4, 0.5) is 5.95 Å². The highest BCUT2D eigenvalue weighted by atomic mass is 32.1. The fourth-order valence-corrected chi connectivity index (χ4v) is 1.85. The summed E-state index contributed by atoms with van der Waals surface area (Å²) in [6, 6.07) is 7.41. The molecule has 2 aromatic rings. The van der Waals surface area contributed by atoms with Crippen molar-refractivity contribution in [2.45, 2.75) is 19.8 Å². The quantitative estimate of drug-likeness (QED) is 0.835. The second kappa shape index (κ2) is 6.40. The fraction of sp³-hybridized carbons (Fsp3) is 0.308. The number of hydrogen-bond acceptors (Lipinski definition) is 5. The number of tetrazole rings is 1. The number of aryl methyl sites for hydroxylation is 1. The molecule has 0 radical (unpaired) electrons. The van der Waals surface area contributed by atoms with Crippen LogP contribution in [0, 0.1) is 0 Å². The van der Waals surface area contributed by atoms with E-state index in [4.69, 9.17) is 12.2 Å². The Bertz CT molecular complexity index is 649. The van der Waals surface area contributed by atoms with E-state index in [-0.39, 0.29) is 17.0 Å². The first kappa shape index (κ1) is 15.0. The van der Waals surface area contributed by atoms with Crippen molar-refractivity contribution in [3.05, 3.63) is 35.4 Å². The summed E-state index contributed by atoms with van der Waals surface area (Å²) >= 11 is 5.03. The van der Waals surface area contributed by atoms with Crippen molar-refractivity contribution < 1.29 is 4.79 Å². The Morgan fingerprint density at radius 2 is 1.95 bits per heavy atom. The summed E-state index contributed by atoms with van der Waals surface area (Å²) in [6.45, 7) is 4.20. The van der Waals surface area contributed by atoms with Crippen molar-refractivity contribution in [1.29, 1.82) is 0 Å². The molecule has 0 saturated carbocycles. The lowest BCUT2D eigenvalue weighted by Crippen LogP contribution is -2.34. The number of aromatic nitrogens is 4. The molecule has 0 saturated heterocycles. The van der Waals surface area contributed by atoms with Crippen molar-refractivity contribution in [3.63, 3.8) is 0 Å². The molecule has 1 amide bonds. The summed E-state index contributed by atoms with van der Waals surface area (Å²) < 4.78 is 0. The van der Waals surface area contributed by atoms with E-state index in [1.807, 2.05) is 12.1 Å². The summed E-state index contributed by atoms with van der Waals surface area (Å²) in [5, 5.41) is 16.7. The maximum absolute atomic E-state index is 12.0. The zero-order chi connectivity index (χ0) is 15.4. The van der Waals surface area contributed by atoms with E-state index in [1.54, 1.807) is 19.2 Å². The van der Waals surface area contributed by atoms with Gasteiger partial charge in [0.05, 0.1) is 7.05 Å². The molecule has 0 atom stereocenters. The Morgan fingerprint density at radius 1 is 1.29 bits per heavy atom. The molecule has 0 aliphatic carbocycles. The van der Waals surface area contributed by atoms with Gasteiger partial charge in [0.25, 0.3) is 11.9 Å². The fourth-order valence-electron chi connectivity index (χ4n) is 1.66. The predicted octanol–water partition coefficient (Wildman–Crippen LogP) is 1.46. The predicted molar refractivity (Wildman–Crippen MR) is 83.0 cm³/mol. The van der Waals surface area contributed by atoms with E-state index < -0.39 is 0 Å². The Kier molecular flexibility index (Phi) is 4.59. The smallest absolute Gasteiger partial charge is 0.269 e. The third kappa shape index (κ3) is 4.06. The van der Waals surface area contributed by atoms with E-state index in [0.717, 1.165) is 0 Å². The maximum atomic E-state index is 12.0. The van der Waals surface area contributed by atoms with Crippen LogP contribution in [0.25, 0.3) is 0 Å². The first-order chi connectivity index (χ1) is 9.95. The Balaban J connectivity index is 1.95. The highest BCUT2D eigenvalue weighted by Crippen LogP contribution is 2.14. The van der Waals surface area contributed by atoms with E-state index in [0.29, 0.717) is 11.5 Å². The molecule has 110 valence electrons. The topological polar surface area (TPSA) is 84.7 Å². The lowest BCUT2D eigenvalue weighted by atomic mass is 10.0. The molecule has 2 N–H and O–H groups in total. The number of thiocarbonyl (C=S) groups is 1. The van der Waals surface area contributed by atoms with Crippen LogP contribution in [0.15, 0.2) is 24.3 Å². The summed E-state index contributed by atoms with van der Waals surface area (Å²) in [6.07, 6.45) is 0. The van der Waals surface area contributed by atoms with E-state index in [1.165, 1.54) is 10.4 Å². The monoisotopic (exact) mass is 304 g/mol. The third-order valence-electron chi connectivity index (χ3n) is 2.80. The van der Waals surface area contributed by atoms with Crippen molar-refractivity contribution in [2.75, 3.05) is 5.32 Å². The summed E-state index contributed by atoms with van der Waals surface area (Å²) in [4.78, 5) is 13.3. The normalized spacial score (nSPS) is 10.5. The summed E-state index contributed by atoms with van der Waals surface area (Å²) in [5.74, 6) is 0.372. The van der Waals surface area contributed by atoms with Crippen LogP contribution < -0.4 is 10.6 Å². The van der Waals surface area contributed by atoms with Gasteiger partial charge in [-0.15, -0.1) is 5.10 Å². The van der Waals surface area contributed by atoms with Gasteiger partial charge >= 0.3 is 0 Å². The molecule has 7 nitrogen and oxygen atoms in total. The average molecular weight is 304 g/mol. The summed E-state index contributed by atoms with van der Waals surface area (Å²) in [5.41, 5.74) is 1.71. The first-order valence-electron chi connectivity index (χ1n) is 6.42. The highest BCUT2D eigenvalue weighted by molar-refractivity contribution is 7.80. The number of carbonyl (C=O) groups excluding carboxylic acids is 1. The molecule has 0 bridgehead atoms. The highest BCUT2D eigenvalue weighted by Gasteiger charge is 2.10. The minimum absolute atomic E-state index is 0.126. The van der Waals surface area contributed by atoms with Gasteiger partial charge in [-0.1, -0.05) is 31.1 Å². The van der Waals surface area contributed by atoms with Gasteiger partial charge in [-0.25, -0.2) is 0 Å². The zero-order valence-corrected chi connectivity index (χ0v) is 12.8. The van der Waals surface area contributed by atoms with E-state index >= 15 is 0 Å². The molecule has 0 fully saturated rings. The molecule has 0 unspecified atom stereocenters. The number of benzene rings is 1. The van der Waals surface area contributed by atoms with E-state index in [9.17, 15) is 4.79 Å². The van der Waals surface area contributed by atoms with Crippen LogP contribution in [0.2, 0.25) is 0 Å². The molecular formula is C13H16N6OS. The number of rotatable bonds is 3. The van der Waals surface area contributed by atoms with Gasteiger partial charge in [0.2, 0.25) is 0 Å². The van der Waals surface area contributed by atoms with Gasteiger partial charge in [-0.05, 0) is 41.0 Å². The maximum Gasteiger partial charge on any atom is 0.269 e. The molecule has 1 heterocycles. The number of carbonyl (C=O) groups is 1. The second-order valence-corrected chi connectivity index (χ2v) is 5.20. The van der Waals surface area contributed by atoms with Crippen molar-refractivity contribution in [2.24, 2.45) is 7.05 Å². The number of nitrogens with zero attached hydrogens (tertiary/aromatic N) is 4. The van der Waals surface area contributed by atoms with Crippen LogP contribution in [0.1, 0.15) is 35.7 Å². The second-order valence-electron chi connectivity index (χ2n) is 4.79. The van der Waals surface area contributed by atoms with Crippen LogP contribution in [-0.4, -0.2) is 31.2 Å². The standard InChI is InChI=1S/C13H16N6OS/c1-8(2)9-4-6-10(7-5-9)11(20)14-13(21)15-12-16-18-19(3)17-12/h4-8H,1-3H3,(H2,14,15,17,20,21). The molecule has 0 spiro atoms. The van der Waals surface area contributed by atoms with Gasteiger partial charge in [0.15, 0.2) is 5.11 Å². The SMILES string of the molecule is CC(C)c1ccc(C(=O)NC(=S)Nc2nnn(C)n2)cc1. The van der Waals surface area contributed by atoms with Gasteiger partial charge in [0, 0.05) is 5.56 Å². The minimum Gasteiger partial charge on any atom is -0.299 e. The molecule has 0 aliphatic rings. The molecule has 8 heteroatoms. The van der Waals surface area contributed by atoms with Crippen LogP contribution in [0.3, 0.4) is 0 Å². The molecule has 2 rings (SSSR count). The molecule has 1 aromatic carbocycles. The Hall–Kier alpha value is -2.35. The van der Waals surface area contributed by atoms with Crippen LogP contribution >= 0.6 is 12.2 Å². The lowest BCUT2D eigenvalue weighted by Gasteiger charge is -2.08. The lowest BCUT2D eigenvalue weighted by molar-refractivity contribution is 0.0977. The number of amides is 1. The van der Waals surface area contributed by atoms with Crippen LogP contribution in [0.5, 0.6) is 0 Å². The average Bonchev–Trinajstić information content (AvgIpc) is 2.83. The van der Waals surface area contributed by atoms with Gasteiger partial charge in [0.1, 0.15) is 0 Å². The molecule has 21 heavy (non-hydrogen) atoms. The van der Waals surface area contributed by atoms with E-state index in [2.05, 4.69) is 39.9 Å². The van der Waals surface area contributed by atoms with Gasteiger partial charge < -0.3 is 0 Å². The minimum atomic E-state index is -0.285. The van der Waals surface area contributed by atoms with Crippen molar-refractivity contribution in [3.8, 4) is 0 Å². The number of anilines is 1. The van der Waals surface area contributed by atoms with Crippen LogP contribution in [-0.2, 0) is 7.05 Å². The summed E-state index contributed by atoms with van der Waals surface area (Å²) in [7, 11) is 1.64. The van der Waals surface area contributed by atoms with Gasteiger partial charge in [-0.2, -0.15) is 4.80 Å². The van der Waals surface area contributed by atoms with Crippen molar-refractivity contribution >= 4 is 29.2 Å². The number of nitrogens with one attached hydrogen (secondary N) is 2. The Labute approximate surface area is 127 Å². The first-order valence-corrected chi connectivity index (χ1v) is 6.83. The zero-order valence-electron chi connectivity index (χ0n) is 12.0. The largest absolute Gasteiger partial charge is 0.299 e.